The fraction of sp³-hybridized carbons (Fsp3) is 0.0769. The number of halogens is 1. The zero-order chi connectivity index (χ0) is 11.4. The van der Waals surface area contributed by atoms with Crippen molar-refractivity contribution in [1.82, 2.24) is 0 Å². The van der Waals surface area contributed by atoms with E-state index in [0.29, 0.717) is 0 Å². The largest absolute Gasteiger partial charge is 0.388 e. The molecule has 82 valence electrons. The maximum Gasteiger partial charge on any atom is 0.0338 e. The molecule has 0 aliphatic carbocycles. The van der Waals surface area contributed by atoms with Gasteiger partial charge in [-0.3, -0.25) is 0 Å². The van der Waals surface area contributed by atoms with Gasteiger partial charge in [0.2, 0.25) is 0 Å². The zero-order valence-corrected chi connectivity index (χ0v) is 11.3. The molecule has 16 heavy (non-hydrogen) atoms. The standard InChI is InChI=1S/C13H12BrNS/c1-15-11-5-7-12(8-6-11)16-13-4-2-3-10(14)9-13/h2-9,15H,1H3. The molecule has 1 nitrogen and oxygen atoms in total. The fourth-order valence-electron chi connectivity index (χ4n) is 1.36. The molecule has 2 rings (SSSR count). The summed E-state index contributed by atoms with van der Waals surface area (Å²) >= 11 is 5.24. The van der Waals surface area contributed by atoms with Crippen LogP contribution in [-0.2, 0) is 0 Å². The van der Waals surface area contributed by atoms with Crippen LogP contribution in [0.25, 0.3) is 0 Å². The SMILES string of the molecule is CNc1ccc(Sc2cccc(Br)c2)cc1. The van der Waals surface area contributed by atoms with Crippen LogP contribution in [0.1, 0.15) is 0 Å². The van der Waals surface area contributed by atoms with Crippen LogP contribution < -0.4 is 5.32 Å². The summed E-state index contributed by atoms with van der Waals surface area (Å²) in [6.07, 6.45) is 0. The number of anilines is 1. The van der Waals surface area contributed by atoms with Crippen molar-refractivity contribution in [2.24, 2.45) is 0 Å². The van der Waals surface area contributed by atoms with Crippen molar-refractivity contribution in [3.05, 3.63) is 53.0 Å². The Hall–Kier alpha value is -0.930. The minimum atomic E-state index is 1.12. The highest BCUT2D eigenvalue weighted by molar-refractivity contribution is 9.10. The smallest absolute Gasteiger partial charge is 0.0338 e. The van der Waals surface area contributed by atoms with Gasteiger partial charge in [0, 0.05) is 27.0 Å². The summed E-state index contributed by atoms with van der Waals surface area (Å²) in [6.45, 7) is 0. The van der Waals surface area contributed by atoms with Gasteiger partial charge in [-0.05, 0) is 42.5 Å². The van der Waals surface area contributed by atoms with E-state index in [-0.39, 0.29) is 0 Å². The van der Waals surface area contributed by atoms with Crippen LogP contribution in [0.15, 0.2) is 62.8 Å². The Bertz CT molecular complexity index is 468. The van der Waals surface area contributed by atoms with Gasteiger partial charge in [-0.25, -0.2) is 0 Å². The van der Waals surface area contributed by atoms with E-state index < -0.39 is 0 Å². The molecule has 0 aliphatic rings. The number of hydrogen-bond donors (Lipinski definition) is 1. The fourth-order valence-corrected chi connectivity index (χ4v) is 2.78. The van der Waals surface area contributed by atoms with E-state index in [0.717, 1.165) is 10.2 Å². The highest BCUT2D eigenvalue weighted by Gasteiger charge is 1.98. The molecule has 3 heteroatoms. The van der Waals surface area contributed by atoms with Gasteiger partial charge in [-0.15, -0.1) is 0 Å². The van der Waals surface area contributed by atoms with Gasteiger partial charge in [0.1, 0.15) is 0 Å². The minimum Gasteiger partial charge on any atom is -0.388 e. The Morgan fingerprint density at radius 2 is 1.75 bits per heavy atom. The molecule has 0 radical (unpaired) electrons. The van der Waals surface area contributed by atoms with Crippen LogP contribution in [0.2, 0.25) is 0 Å². The van der Waals surface area contributed by atoms with Gasteiger partial charge in [0.25, 0.3) is 0 Å². The van der Waals surface area contributed by atoms with E-state index in [1.54, 1.807) is 11.8 Å². The molecule has 0 aromatic heterocycles. The topological polar surface area (TPSA) is 12.0 Å². The highest BCUT2D eigenvalue weighted by Crippen LogP contribution is 2.29. The highest BCUT2D eigenvalue weighted by atomic mass is 79.9. The molecule has 0 amide bonds. The van der Waals surface area contributed by atoms with Crippen molar-refractivity contribution in [1.29, 1.82) is 0 Å². The van der Waals surface area contributed by atoms with E-state index in [1.165, 1.54) is 9.79 Å². The summed E-state index contributed by atoms with van der Waals surface area (Å²) < 4.78 is 1.12. The van der Waals surface area contributed by atoms with Crippen molar-refractivity contribution < 1.29 is 0 Å². The Labute approximate surface area is 108 Å². The van der Waals surface area contributed by atoms with Crippen molar-refractivity contribution in [3.8, 4) is 0 Å². The minimum absolute atomic E-state index is 1.12. The maximum absolute atomic E-state index is 3.47. The monoisotopic (exact) mass is 293 g/mol. The first-order chi connectivity index (χ1) is 7.78. The van der Waals surface area contributed by atoms with Crippen LogP contribution in [0.4, 0.5) is 5.69 Å². The van der Waals surface area contributed by atoms with Gasteiger partial charge in [0.05, 0.1) is 0 Å². The van der Waals surface area contributed by atoms with Gasteiger partial charge >= 0.3 is 0 Å². The number of nitrogens with one attached hydrogen (secondary N) is 1. The summed E-state index contributed by atoms with van der Waals surface area (Å²) in [7, 11) is 1.93. The van der Waals surface area contributed by atoms with Gasteiger partial charge < -0.3 is 5.32 Å². The molecular formula is C13H12BrNS. The lowest BCUT2D eigenvalue weighted by Crippen LogP contribution is -1.86. The lowest BCUT2D eigenvalue weighted by molar-refractivity contribution is 1.38. The maximum atomic E-state index is 3.47. The molecule has 0 fully saturated rings. The van der Waals surface area contributed by atoms with Crippen LogP contribution in [0, 0.1) is 0 Å². The Morgan fingerprint density at radius 3 is 2.38 bits per heavy atom. The molecule has 0 saturated carbocycles. The second kappa shape index (κ2) is 5.41. The summed E-state index contributed by atoms with van der Waals surface area (Å²) in [6, 6.07) is 16.7. The van der Waals surface area contributed by atoms with E-state index >= 15 is 0 Å². The third-order valence-electron chi connectivity index (χ3n) is 2.17. The summed E-state index contributed by atoms with van der Waals surface area (Å²) in [5.41, 5.74) is 1.14. The van der Waals surface area contributed by atoms with E-state index in [1.807, 2.05) is 19.2 Å². The predicted octanol–water partition coefficient (Wildman–Crippen LogP) is 4.64. The van der Waals surface area contributed by atoms with Crippen LogP contribution in [0.5, 0.6) is 0 Å². The van der Waals surface area contributed by atoms with Crippen molar-refractivity contribution >= 4 is 33.4 Å². The number of benzene rings is 2. The Morgan fingerprint density at radius 1 is 1.00 bits per heavy atom. The molecule has 0 saturated heterocycles. The Balaban J connectivity index is 2.14. The first kappa shape index (κ1) is 11.6. The van der Waals surface area contributed by atoms with Crippen LogP contribution in [-0.4, -0.2) is 7.05 Å². The second-order valence-electron chi connectivity index (χ2n) is 3.33. The lowest BCUT2D eigenvalue weighted by Gasteiger charge is -2.04. The lowest BCUT2D eigenvalue weighted by atomic mass is 10.3. The molecule has 0 spiro atoms. The summed E-state index contributed by atoms with van der Waals surface area (Å²) in [5.74, 6) is 0. The second-order valence-corrected chi connectivity index (χ2v) is 5.40. The van der Waals surface area contributed by atoms with Gasteiger partial charge in [-0.2, -0.15) is 0 Å². The first-order valence-electron chi connectivity index (χ1n) is 4.99. The average Bonchev–Trinajstić information content (AvgIpc) is 2.30. The van der Waals surface area contributed by atoms with Crippen molar-refractivity contribution in [2.45, 2.75) is 9.79 Å². The molecule has 0 atom stereocenters. The first-order valence-corrected chi connectivity index (χ1v) is 6.60. The quantitative estimate of drug-likeness (QED) is 0.885. The molecule has 2 aromatic carbocycles. The summed E-state index contributed by atoms with van der Waals surface area (Å²) in [5, 5.41) is 3.11. The zero-order valence-electron chi connectivity index (χ0n) is 8.91. The number of rotatable bonds is 3. The van der Waals surface area contributed by atoms with Crippen LogP contribution >= 0.6 is 27.7 Å². The molecule has 1 N–H and O–H groups in total. The number of hydrogen-bond acceptors (Lipinski definition) is 2. The van der Waals surface area contributed by atoms with Crippen LogP contribution in [0.3, 0.4) is 0 Å². The van der Waals surface area contributed by atoms with Crippen molar-refractivity contribution in [3.63, 3.8) is 0 Å². The molecule has 0 bridgehead atoms. The van der Waals surface area contributed by atoms with E-state index in [9.17, 15) is 0 Å². The molecular weight excluding hydrogens is 282 g/mol. The average molecular weight is 294 g/mol. The van der Waals surface area contributed by atoms with Gasteiger partial charge in [0.15, 0.2) is 0 Å². The van der Waals surface area contributed by atoms with Gasteiger partial charge in [-0.1, -0.05) is 33.8 Å². The van der Waals surface area contributed by atoms with E-state index in [4.69, 9.17) is 0 Å². The Kier molecular flexibility index (Phi) is 3.91. The normalized spacial score (nSPS) is 10.1. The molecule has 2 aromatic rings. The van der Waals surface area contributed by atoms with E-state index in [2.05, 4.69) is 57.6 Å². The molecule has 0 aliphatic heterocycles. The molecule has 0 heterocycles. The van der Waals surface area contributed by atoms with Crippen molar-refractivity contribution in [2.75, 3.05) is 12.4 Å². The summed E-state index contributed by atoms with van der Waals surface area (Å²) in [4.78, 5) is 2.49. The molecule has 0 unspecified atom stereocenters. The third kappa shape index (κ3) is 3.03. The predicted molar refractivity (Wildman–Crippen MR) is 74.3 cm³/mol. The third-order valence-corrected chi connectivity index (χ3v) is 3.67.